The minimum absolute atomic E-state index is 0.0186. The normalized spacial score (nSPS) is 16.1. The van der Waals surface area contributed by atoms with Gasteiger partial charge in [-0.1, -0.05) is 13.8 Å². The molecule has 150 valence electrons. The number of morpholine rings is 1. The molecule has 1 aliphatic rings. The molecule has 7 nitrogen and oxygen atoms in total. The van der Waals surface area contributed by atoms with Crippen LogP contribution in [-0.2, 0) is 14.3 Å². The van der Waals surface area contributed by atoms with Crippen molar-refractivity contribution in [3.05, 3.63) is 23.8 Å². The van der Waals surface area contributed by atoms with E-state index in [1.807, 2.05) is 18.7 Å². The number of anilines is 2. The zero-order chi connectivity index (χ0) is 20.0. The van der Waals surface area contributed by atoms with Gasteiger partial charge in [0.25, 0.3) is 12.3 Å². The van der Waals surface area contributed by atoms with Crippen LogP contribution in [0.2, 0.25) is 0 Å². The van der Waals surface area contributed by atoms with E-state index >= 15 is 0 Å². The number of amides is 2. The predicted octanol–water partition coefficient (Wildman–Crippen LogP) is 1.59. The first kappa shape index (κ1) is 21.2. The molecule has 3 N–H and O–H groups in total. The number of hydrogen-bond donors (Lipinski definition) is 2. The standard InChI is InChI=1S/C18H26F2N4O3/c1-3-23(4-2)15(10-21)18(26)22-14-6-5-12(9-13(14)17(19)20)24-7-8-27-11-16(24)25/h5-6,9,15,17H,3-4,7-8,10-11,21H2,1-2H3,(H,22,26)/t15-/m1/s1. The summed E-state index contributed by atoms with van der Waals surface area (Å²) in [4.78, 5) is 27.8. The van der Waals surface area contributed by atoms with Gasteiger partial charge in [0, 0.05) is 30.0 Å². The lowest BCUT2D eigenvalue weighted by Gasteiger charge is -2.29. The summed E-state index contributed by atoms with van der Waals surface area (Å²) < 4.78 is 32.2. The van der Waals surface area contributed by atoms with Gasteiger partial charge in [0.05, 0.1) is 6.61 Å². The van der Waals surface area contributed by atoms with E-state index in [4.69, 9.17) is 10.5 Å². The van der Waals surface area contributed by atoms with Crippen molar-refractivity contribution in [2.75, 3.05) is 49.6 Å². The quantitative estimate of drug-likeness (QED) is 0.711. The molecule has 1 aliphatic heterocycles. The Bertz CT molecular complexity index is 668. The van der Waals surface area contributed by atoms with Crippen molar-refractivity contribution in [3.8, 4) is 0 Å². The highest BCUT2D eigenvalue weighted by Crippen LogP contribution is 2.32. The number of hydrogen-bond acceptors (Lipinski definition) is 5. The summed E-state index contributed by atoms with van der Waals surface area (Å²) in [6, 6.07) is 3.57. The van der Waals surface area contributed by atoms with E-state index in [0.29, 0.717) is 31.9 Å². The average molecular weight is 384 g/mol. The van der Waals surface area contributed by atoms with Crippen LogP contribution in [0, 0.1) is 0 Å². The summed E-state index contributed by atoms with van der Waals surface area (Å²) >= 11 is 0. The fraction of sp³-hybridized carbons (Fsp3) is 0.556. The monoisotopic (exact) mass is 384 g/mol. The van der Waals surface area contributed by atoms with Crippen LogP contribution in [-0.4, -0.2) is 62.1 Å². The van der Waals surface area contributed by atoms with Gasteiger partial charge in [0.1, 0.15) is 12.6 Å². The van der Waals surface area contributed by atoms with Gasteiger partial charge in [-0.05, 0) is 31.3 Å². The van der Waals surface area contributed by atoms with E-state index in [1.54, 1.807) is 6.07 Å². The highest BCUT2D eigenvalue weighted by atomic mass is 19.3. The van der Waals surface area contributed by atoms with Gasteiger partial charge >= 0.3 is 0 Å². The van der Waals surface area contributed by atoms with E-state index in [9.17, 15) is 18.4 Å². The smallest absolute Gasteiger partial charge is 0.265 e. The Hall–Kier alpha value is -2.10. The van der Waals surface area contributed by atoms with Crippen molar-refractivity contribution in [1.29, 1.82) is 0 Å². The van der Waals surface area contributed by atoms with Crippen molar-refractivity contribution >= 4 is 23.2 Å². The van der Waals surface area contributed by atoms with E-state index in [1.165, 1.54) is 17.0 Å². The van der Waals surface area contributed by atoms with Crippen molar-refractivity contribution in [1.82, 2.24) is 4.90 Å². The molecule has 27 heavy (non-hydrogen) atoms. The Morgan fingerprint density at radius 1 is 1.37 bits per heavy atom. The van der Waals surface area contributed by atoms with E-state index in [-0.39, 0.29) is 30.3 Å². The fourth-order valence-electron chi connectivity index (χ4n) is 3.11. The van der Waals surface area contributed by atoms with Crippen LogP contribution >= 0.6 is 0 Å². The third-order valence-electron chi connectivity index (χ3n) is 4.60. The van der Waals surface area contributed by atoms with Crippen molar-refractivity contribution < 1.29 is 23.1 Å². The highest BCUT2D eigenvalue weighted by molar-refractivity contribution is 5.97. The van der Waals surface area contributed by atoms with E-state index in [0.717, 1.165) is 0 Å². The molecular weight excluding hydrogens is 358 g/mol. The number of ether oxygens (including phenoxy) is 1. The first-order valence-corrected chi connectivity index (χ1v) is 8.98. The maximum absolute atomic E-state index is 13.6. The number of halogens is 2. The third kappa shape index (κ3) is 5.00. The lowest BCUT2D eigenvalue weighted by molar-refractivity contribution is -0.125. The second-order valence-electron chi connectivity index (χ2n) is 6.13. The summed E-state index contributed by atoms with van der Waals surface area (Å²) in [5, 5.41) is 2.56. The Morgan fingerprint density at radius 3 is 2.63 bits per heavy atom. The zero-order valence-electron chi connectivity index (χ0n) is 15.6. The van der Waals surface area contributed by atoms with Crippen molar-refractivity contribution in [3.63, 3.8) is 0 Å². The van der Waals surface area contributed by atoms with Crippen molar-refractivity contribution in [2.24, 2.45) is 5.73 Å². The molecule has 2 amide bonds. The summed E-state index contributed by atoms with van der Waals surface area (Å²) in [5.74, 6) is -0.721. The summed E-state index contributed by atoms with van der Waals surface area (Å²) in [7, 11) is 0. The first-order valence-electron chi connectivity index (χ1n) is 8.98. The molecule has 0 radical (unpaired) electrons. The van der Waals surface area contributed by atoms with Crippen LogP contribution in [0.3, 0.4) is 0 Å². The highest BCUT2D eigenvalue weighted by Gasteiger charge is 2.26. The minimum Gasteiger partial charge on any atom is -0.370 e. The second kappa shape index (κ2) is 9.72. The number of carbonyl (C=O) groups is 2. The molecule has 1 saturated heterocycles. The van der Waals surface area contributed by atoms with Crippen LogP contribution < -0.4 is 16.0 Å². The average Bonchev–Trinajstić information content (AvgIpc) is 2.66. The van der Waals surface area contributed by atoms with Crippen LogP contribution in [0.4, 0.5) is 20.2 Å². The molecule has 0 bridgehead atoms. The molecule has 0 aromatic heterocycles. The maximum atomic E-state index is 13.6. The lowest BCUT2D eigenvalue weighted by Crippen LogP contribution is -2.48. The zero-order valence-corrected chi connectivity index (χ0v) is 15.6. The van der Waals surface area contributed by atoms with Gasteiger partial charge in [0.15, 0.2) is 0 Å². The minimum atomic E-state index is -2.80. The van der Waals surface area contributed by atoms with Gasteiger partial charge < -0.3 is 20.7 Å². The number of nitrogens with two attached hydrogens (primary N) is 1. The summed E-state index contributed by atoms with van der Waals surface area (Å²) in [6.45, 7) is 5.68. The Morgan fingerprint density at radius 2 is 2.07 bits per heavy atom. The largest absolute Gasteiger partial charge is 0.370 e. The third-order valence-corrected chi connectivity index (χ3v) is 4.60. The molecule has 1 aromatic rings. The Labute approximate surface area is 157 Å². The van der Waals surface area contributed by atoms with Gasteiger partial charge in [-0.3, -0.25) is 14.5 Å². The Balaban J connectivity index is 2.26. The number of rotatable bonds is 8. The number of benzene rings is 1. The molecule has 0 spiro atoms. The number of likely N-dealkylation sites (N-methyl/N-ethyl adjacent to an activating group) is 1. The van der Waals surface area contributed by atoms with Gasteiger partial charge in [0.2, 0.25) is 5.91 Å². The second-order valence-corrected chi connectivity index (χ2v) is 6.13. The SMILES string of the molecule is CCN(CC)[C@H](CN)C(=O)Nc1ccc(N2CCOCC2=O)cc1C(F)F. The topological polar surface area (TPSA) is 87.9 Å². The van der Waals surface area contributed by atoms with Gasteiger partial charge in [-0.2, -0.15) is 0 Å². The number of nitrogens with zero attached hydrogens (tertiary/aromatic N) is 2. The molecule has 1 atom stereocenters. The van der Waals surface area contributed by atoms with Crippen LogP contribution in [0.5, 0.6) is 0 Å². The molecule has 9 heteroatoms. The molecule has 2 rings (SSSR count). The molecule has 1 heterocycles. The maximum Gasteiger partial charge on any atom is 0.265 e. The van der Waals surface area contributed by atoms with E-state index in [2.05, 4.69) is 5.32 Å². The fourth-order valence-corrected chi connectivity index (χ4v) is 3.11. The van der Waals surface area contributed by atoms with Crippen LogP contribution in [0.25, 0.3) is 0 Å². The molecule has 0 saturated carbocycles. The molecule has 0 unspecified atom stereocenters. The van der Waals surface area contributed by atoms with Gasteiger partial charge in [-0.15, -0.1) is 0 Å². The Kier molecular flexibility index (Phi) is 7.64. The summed E-state index contributed by atoms with van der Waals surface area (Å²) in [6.07, 6.45) is -2.80. The van der Waals surface area contributed by atoms with Gasteiger partial charge in [-0.25, -0.2) is 8.78 Å². The first-order chi connectivity index (χ1) is 12.9. The van der Waals surface area contributed by atoms with E-state index < -0.39 is 18.4 Å². The van der Waals surface area contributed by atoms with Crippen molar-refractivity contribution in [2.45, 2.75) is 26.3 Å². The van der Waals surface area contributed by atoms with Crippen LogP contribution in [0.1, 0.15) is 25.8 Å². The molecular formula is C18H26F2N4O3. The lowest BCUT2D eigenvalue weighted by atomic mass is 10.1. The predicted molar refractivity (Wildman–Crippen MR) is 99.0 cm³/mol. The molecule has 1 fully saturated rings. The summed E-state index contributed by atoms with van der Waals surface area (Å²) in [5.41, 5.74) is 5.75. The molecule has 1 aromatic carbocycles. The number of nitrogens with one attached hydrogen (secondary N) is 1. The van der Waals surface area contributed by atoms with Crippen LogP contribution in [0.15, 0.2) is 18.2 Å². The number of alkyl halides is 2. The molecule has 0 aliphatic carbocycles. The number of carbonyl (C=O) groups excluding carboxylic acids is 2.